The van der Waals surface area contributed by atoms with E-state index in [0.29, 0.717) is 44.0 Å². The van der Waals surface area contributed by atoms with E-state index >= 15 is 0 Å². The molecule has 2 aliphatic rings. The van der Waals surface area contributed by atoms with E-state index < -0.39 is 35.5 Å². The molecule has 0 saturated carbocycles. The number of ether oxygens (including phenoxy) is 1. The van der Waals surface area contributed by atoms with E-state index in [1.165, 1.54) is 11.8 Å². The number of carbonyl (C=O) groups is 3. The molecule has 4 rings (SSSR count). The van der Waals surface area contributed by atoms with Crippen molar-refractivity contribution in [1.29, 1.82) is 0 Å². The molecule has 2 atom stereocenters. The number of likely N-dealkylation sites (N-methyl/N-ethyl adjacent to an activating group) is 2. The summed E-state index contributed by atoms with van der Waals surface area (Å²) in [6.07, 6.45) is -4.66. The Morgan fingerprint density at radius 2 is 1.91 bits per heavy atom. The van der Waals surface area contributed by atoms with Crippen LogP contribution in [0.5, 0.6) is 0 Å². The SMILES string of the molecule is C=C(CN(C)C)C(=O)NCCOCCN1C[C@H]2CC(=O)N(c3cc(C(F)(F)F)cc(C)n3)[C@@H]2C(=O)N(C)c2cccc(C)c21. The summed E-state index contributed by atoms with van der Waals surface area (Å²) in [6.45, 7) is 9.18. The first-order valence-electron chi connectivity index (χ1n) is 14.4. The summed E-state index contributed by atoms with van der Waals surface area (Å²) in [6, 6.07) is 6.27. The average molecular weight is 617 g/mol. The van der Waals surface area contributed by atoms with Crippen molar-refractivity contribution in [2.75, 3.05) is 75.2 Å². The highest BCUT2D eigenvalue weighted by atomic mass is 19.4. The molecule has 10 nitrogen and oxygen atoms in total. The van der Waals surface area contributed by atoms with Crippen LogP contribution < -0.4 is 20.0 Å². The van der Waals surface area contributed by atoms with Crippen LogP contribution in [0.4, 0.5) is 30.4 Å². The zero-order valence-electron chi connectivity index (χ0n) is 25.7. The lowest BCUT2D eigenvalue weighted by atomic mass is 9.95. The largest absolute Gasteiger partial charge is 0.416 e. The first kappa shape index (κ1) is 32.9. The fourth-order valence-electron chi connectivity index (χ4n) is 5.80. The molecule has 2 aliphatic heterocycles. The topological polar surface area (TPSA) is 98.3 Å². The van der Waals surface area contributed by atoms with Gasteiger partial charge in [0.05, 0.1) is 30.2 Å². The number of pyridine rings is 1. The second-order valence-corrected chi connectivity index (χ2v) is 11.5. The summed E-state index contributed by atoms with van der Waals surface area (Å²) in [5, 5.41) is 2.79. The van der Waals surface area contributed by atoms with Gasteiger partial charge in [-0.1, -0.05) is 18.7 Å². The van der Waals surface area contributed by atoms with Gasteiger partial charge in [0, 0.05) is 56.8 Å². The van der Waals surface area contributed by atoms with Gasteiger partial charge in [0.15, 0.2) is 0 Å². The second-order valence-electron chi connectivity index (χ2n) is 11.5. The summed E-state index contributed by atoms with van der Waals surface area (Å²) >= 11 is 0. The number of alkyl halides is 3. The normalized spacial score (nSPS) is 18.7. The van der Waals surface area contributed by atoms with E-state index in [0.717, 1.165) is 28.3 Å². The van der Waals surface area contributed by atoms with Gasteiger partial charge >= 0.3 is 6.18 Å². The monoisotopic (exact) mass is 616 g/mol. The molecule has 1 N–H and O–H groups in total. The van der Waals surface area contributed by atoms with Crippen LogP contribution in [0.25, 0.3) is 0 Å². The lowest BCUT2D eigenvalue weighted by Crippen LogP contribution is -2.52. The number of rotatable bonds is 10. The lowest BCUT2D eigenvalue weighted by molar-refractivity contribution is -0.137. The van der Waals surface area contributed by atoms with Gasteiger partial charge in [0.1, 0.15) is 11.9 Å². The van der Waals surface area contributed by atoms with E-state index in [1.807, 2.05) is 38.1 Å². The molecule has 0 radical (unpaired) electrons. The minimum Gasteiger partial charge on any atom is -0.378 e. The average Bonchev–Trinajstić information content (AvgIpc) is 3.26. The molecule has 0 unspecified atom stereocenters. The van der Waals surface area contributed by atoms with E-state index in [2.05, 4.69) is 21.8 Å². The van der Waals surface area contributed by atoms with Gasteiger partial charge in [-0.15, -0.1) is 0 Å². The van der Waals surface area contributed by atoms with E-state index in [1.54, 1.807) is 13.1 Å². The number of nitrogens with zero attached hydrogens (tertiary/aromatic N) is 5. The minimum atomic E-state index is -4.64. The molecule has 1 aromatic carbocycles. The van der Waals surface area contributed by atoms with Crippen LogP contribution >= 0.6 is 0 Å². The Morgan fingerprint density at radius 3 is 2.59 bits per heavy atom. The third-order valence-electron chi connectivity index (χ3n) is 7.74. The molecule has 1 saturated heterocycles. The molecule has 0 bridgehead atoms. The molecule has 1 aromatic heterocycles. The molecule has 2 aromatic rings. The summed E-state index contributed by atoms with van der Waals surface area (Å²) < 4.78 is 46.8. The first-order chi connectivity index (χ1) is 20.7. The Balaban J connectivity index is 1.55. The molecular weight excluding hydrogens is 577 g/mol. The summed E-state index contributed by atoms with van der Waals surface area (Å²) in [5.41, 5.74) is 1.97. The van der Waals surface area contributed by atoms with Gasteiger partial charge in [-0.05, 0) is 51.7 Å². The molecule has 0 aliphatic carbocycles. The number of aromatic nitrogens is 1. The third-order valence-corrected chi connectivity index (χ3v) is 7.74. The molecule has 13 heteroatoms. The maximum atomic E-state index is 13.9. The number of nitrogens with one attached hydrogen (secondary N) is 1. The lowest BCUT2D eigenvalue weighted by Gasteiger charge is -2.39. The van der Waals surface area contributed by atoms with Crippen molar-refractivity contribution in [3.63, 3.8) is 0 Å². The van der Waals surface area contributed by atoms with Crippen LogP contribution in [-0.2, 0) is 25.3 Å². The number of halogens is 3. The molecule has 238 valence electrons. The number of fused-ring (bicyclic) bond motifs is 2. The molecule has 3 heterocycles. The molecular formula is C31H39F3N6O4. The predicted octanol–water partition coefficient (Wildman–Crippen LogP) is 3.17. The van der Waals surface area contributed by atoms with Gasteiger partial charge < -0.3 is 24.8 Å². The zero-order valence-corrected chi connectivity index (χ0v) is 25.7. The smallest absolute Gasteiger partial charge is 0.378 e. The standard InChI is InChI=1S/C31H39F3N6O4/c1-19-8-7-9-24-27(19)39(11-13-44-12-10-35-29(42)20(2)17-37(4)5)18-22-15-26(41)40(28(22)30(43)38(24)6)25-16-23(31(32,33)34)14-21(3)36-25/h7-9,14,16,22,28H,2,10-13,15,17-18H2,1,3-6H3,(H,35,42)/t22-,28+/m1/s1. The number of amides is 3. The Bertz CT molecular complexity index is 1430. The highest BCUT2D eigenvalue weighted by molar-refractivity contribution is 6.10. The molecule has 44 heavy (non-hydrogen) atoms. The van der Waals surface area contributed by atoms with E-state index in [-0.39, 0.29) is 30.4 Å². The van der Waals surface area contributed by atoms with Crippen LogP contribution in [0.15, 0.2) is 42.5 Å². The van der Waals surface area contributed by atoms with Gasteiger partial charge in [-0.2, -0.15) is 13.2 Å². The van der Waals surface area contributed by atoms with Crippen molar-refractivity contribution < 1.29 is 32.3 Å². The van der Waals surface area contributed by atoms with E-state index in [9.17, 15) is 27.6 Å². The van der Waals surface area contributed by atoms with E-state index in [4.69, 9.17) is 4.74 Å². The number of para-hydroxylation sites is 1. The minimum absolute atomic E-state index is 0.0251. The zero-order chi connectivity index (χ0) is 32.3. The van der Waals surface area contributed by atoms with Crippen LogP contribution in [0.1, 0.15) is 23.2 Å². The fourth-order valence-corrected chi connectivity index (χ4v) is 5.80. The number of hydrogen-bond donors (Lipinski definition) is 1. The quantitative estimate of drug-likeness (QED) is 0.324. The summed E-state index contributed by atoms with van der Waals surface area (Å²) in [7, 11) is 5.31. The van der Waals surface area contributed by atoms with Gasteiger partial charge in [0.25, 0.3) is 0 Å². The van der Waals surface area contributed by atoms with Crippen molar-refractivity contribution in [2.24, 2.45) is 5.92 Å². The van der Waals surface area contributed by atoms with Gasteiger partial charge in [-0.25, -0.2) is 4.98 Å². The predicted molar refractivity (Wildman–Crippen MR) is 162 cm³/mol. The van der Waals surface area contributed by atoms with Crippen LogP contribution in [0.2, 0.25) is 0 Å². The highest BCUT2D eigenvalue weighted by Gasteiger charge is 2.49. The molecule has 1 fully saturated rings. The Kier molecular flexibility index (Phi) is 9.99. The number of anilines is 3. The van der Waals surface area contributed by atoms with Crippen molar-refractivity contribution in [3.05, 3.63) is 59.3 Å². The summed E-state index contributed by atoms with van der Waals surface area (Å²) in [5.74, 6) is -1.79. The Morgan fingerprint density at radius 1 is 1.18 bits per heavy atom. The Hall–Kier alpha value is -3.97. The maximum Gasteiger partial charge on any atom is 0.416 e. The van der Waals surface area contributed by atoms with Crippen molar-refractivity contribution in [1.82, 2.24) is 15.2 Å². The molecule has 0 spiro atoms. The van der Waals surface area contributed by atoms with Crippen LogP contribution in [-0.4, -0.2) is 94.2 Å². The van der Waals surface area contributed by atoms with Gasteiger partial charge in [0.2, 0.25) is 17.7 Å². The highest BCUT2D eigenvalue weighted by Crippen LogP contribution is 2.41. The third kappa shape index (κ3) is 7.21. The van der Waals surface area contributed by atoms with Gasteiger partial charge in [-0.3, -0.25) is 19.3 Å². The summed E-state index contributed by atoms with van der Waals surface area (Å²) in [4.78, 5) is 50.3. The maximum absolute atomic E-state index is 13.9. The number of carbonyl (C=O) groups excluding carboxylic acids is 3. The van der Waals surface area contributed by atoms with Crippen molar-refractivity contribution in [2.45, 2.75) is 32.5 Å². The number of hydrogen-bond acceptors (Lipinski definition) is 7. The fraction of sp³-hybridized carbons (Fsp3) is 0.484. The molecule has 3 amide bonds. The van der Waals surface area contributed by atoms with Crippen LogP contribution in [0, 0.1) is 19.8 Å². The number of aryl methyl sites for hydroxylation is 2. The second kappa shape index (κ2) is 13.3. The first-order valence-corrected chi connectivity index (χ1v) is 14.4. The Labute approximate surface area is 255 Å². The van der Waals surface area contributed by atoms with Crippen LogP contribution in [0.3, 0.4) is 0 Å². The van der Waals surface area contributed by atoms with Crippen molar-refractivity contribution in [3.8, 4) is 0 Å². The van der Waals surface area contributed by atoms with Crippen molar-refractivity contribution >= 4 is 34.9 Å². The number of benzene rings is 1.